The Morgan fingerprint density at radius 3 is 2.90 bits per heavy atom. The van der Waals surface area contributed by atoms with E-state index in [-0.39, 0.29) is 12.1 Å². The molecule has 5 nitrogen and oxygen atoms in total. The highest BCUT2D eigenvalue weighted by Crippen LogP contribution is 2.23. The number of hydrogen-bond acceptors (Lipinski definition) is 3. The van der Waals surface area contributed by atoms with Crippen LogP contribution in [0.15, 0.2) is 18.3 Å². The standard InChI is InChI=1S/C16H27N3O2/c1-12(14-8-5-9-17-14)19-10-6-7-13(11-19)18-15(20)21-16(2,3)4/h5,8-9,12-13,17H,6-7,10-11H2,1-4H3,(H,18,20)/t12-,13+/m1/s1. The van der Waals surface area contributed by atoms with Gasteiger partial charge in [-0.25, -0.2) is 4.79 Å². The Morgan fingerprint density at radius 1 is 1.52 bits per heavy atom. The van der Waals surface area contributed by atoms with Gasteiger partial charge in [0.25, 0.3) is 0 Å². The summed E-state index contributed by atoms with van der Waals surface area (Å²) in [6, 6.07) is 4.62. The molecule has 2 N–H and O–H groups in total. The van der Waals surface area contributed by atoms with E-state index < -0.39 is 5.60 Å². The maximum atomic E-state index is 11.9. The summed E-state index contributed by atoms with van der Waals surface area (Å²) in [5, 5.41) is 2.99. The fraction of sp³-hybridized carbons (Fsp3) is 0.688. The molecule has 1 saturated heterocycles. The molecule has 2 heterocycles. The second-order valence-corrected chi connectivity index (χ2v) is 6.78. The monoisotopic (exact) mass is 293 g/mol. The number of carbonyl (C=O) groups excluding carboxylic acids is 1. The number of alkyl carbamates (subject to hydrolysis) is 1. The lowest BCUT2D eigenvalue weighted by Gasteiger charge is -2.37. The van der Waals surface area contributed by atoms with Gasteiger partial charge in [-0.2, -0.15) is 0 Å². The van der Waals surface area contributed by atoms with Crippen LogP contribution >= 0.6 is 0 Å². The molecule has 0 bridgehead atoms. The average molecular weight is 293 g/mol. The molecular weight excluding hydrogens is 266 g/mol. The summed E-state index contributed by atoms with van der Waals surface area (Å²) >= 11 is 0. The third kappa shape index (κ3) is 4.77. The van der Waals surface area contributed by atoms with E-state index in [1.165, 1.54) is 5.69 Å². The van der Waals surface area contributed by atoms with Crippen LogP contribution < -0.4 is 5.32 Å². The van der Waals surface area contributed by atoms with E-state index in [9.17, 15) is 4.79 Å². The fourth-order valence-corrected chi connectivity index (χ4v) is 2.75. The highest BCUT2D eigenvalue weighted by molar-refractivity contribution is 5.68. The van der Waals surface area contributed by atoms with Crippen LogP contribution in [-0.2, 0) is 4.74 Å². The van der Waals surface area contributed by atoms with Gasteiger partial charge in [0.15, 0.2) is 0 Å². The summed E-state index contributed by atoms with van der Waals surface area (Å²) in [4.78, 5) is 17.5. The van der Waals surface area contributed by atoms with Gasteiger partial charge in [0.05, 0.1) is 0 Å². The Kier molecular flexibility index (Phi) is 4.93. The lowest BCUT2D eigenvalue weighted by atomic mass is 10.0. The van der Waals surface area contributed by atoms with Gasteiger partial charge in [-0.15, -0.1) is 0 Å². The lowest BCUT2D eigenvalue weighted by molar-refractivity contribution is 0.0457. The molecule has 0 spiro atoms. The summed E-state index contributed by atoms with van der Waals surface area (Å²) in [7, 11) is 0. The lowest BCUT2D eigenvalue weighted by Crippen LogP contribution is -2.49. The summed E-state index contributed by atoms with van der Waals surface area (Å²) < 4.78 is 5.33. The molecule has 0 saturated carbocycles. The average Bonchev–Trinajstić information content (AvgIpc) is 2.89. The molecule has 2 atom stereocenters. The Balaban J connectivity index is 1.87. The van der Waals surface area contributed by atoms with Gasteiger partial charge in [-0.1, -0.05) is 0 Å². The van der Waals surface area contributed by atoms with E-state index in [4.69, 9.17) is 4.74 Å². The van der Waals surface area contributed by atoms with Crippen molar-refractivity contribution in [2.24, 2.45) is 0 Å². The number of nitrogens with one attached hydrogen (secondary N) is 2. The molecule has 2 rings (SSSR count). The third-order valence-electron chi connectivity index (χ3n) is 3.79. The molecule has 1 aliphatic heterocycles. The van der Waals surface area contributed by atoms with Crippen molar-refractivity contribution in [2.45, 2.75) is 58.2 Å². The Bertz CT molecular complexity index is 451. The predicted octanol–water partition coefficient (Wildman–Crippen LogP) is 3.06. The quantitative estimate of drug-likeness (QED) is 0.900. The van der Waals surface area contributed by atoms with Crippen LogP contribution in [0.25, 0.3) is 0 Å². The fourth-order valence-electron chi connectivity index (χ4n) is 2.75. The predicted molar refractivity (Wildman–Crippen MR) is 83.2 cm³/mol. The van der Waals surface area contributed by atoms with Crippen molar-refractivity contribution in [3.63, 3.8) is 0 Å². The Labute approximate surface area is 127 Å². The minimum Gasteiger partial charge on any atom is -0.444 e. The normalized spacial score (nSPS) is 21.8. The Hall–Kier alpha value is -1.49. The molecule has 0 unspecified atom stereocenters. The zero-order chi connectivity index (χ0) is 15.5. The number of nitrogens with zero attached hydrogens (tertiary/aromatic N) is 1. The van der Waals surface area contributed by atoms with Crippen LogP contribution in [-0.4, -0.2) is 40.7 Å². The van der Waals surface area contributed by atoms with Crippen LogP contribution in [0.1, 0.15) is 52.3 Å². The van der Waals surface area contributed by atoms with Crippen molar-refractivity contribution in [3.8, 4) is 0 Å². The van der Waals surface area contributed by atoms with Crippen LogP contribution in [0.2, 0.25) is 0 Å². The summed E-state index contributed by atoms with van der Waals surface area (Å²) in [5.41, 5.74) is 0.767. The van der Waals surface area contributed by atoms with Gasteiger partial charge in [0, 0.05) is 30.5 Å². The van der Waals surface area contributed by atoms with Gasteiger partial charge in [0.2, 0.25) is 0 Å². The smallest absolute Gasteiger partial charge is 0.407 e. The van der Waals surface area contributed by atoms with Gasteiger partial charge in [-0.3, -0.25) is 4.90 Å². The first-order valence-electron chi connectivity index (χ1n) is 7.72. The maximum absolute atomic E-state index is 11.9. The molecule has 1 aromatic heterocycles. The number of hydrogen-bond donors (Lipinski definition) is 2. The first-order chi connectivity index (χ1) is 9.85. The number of rotatable bonds is 3. The topological polar surface area (TPSA) is 57.4 Å². The van der Waals surface area contributed by atoms with Crippen LogP contribution in [0.5, 0.6) is 0 Å². The van der Waals surface area contributed by atoms with E-state index in [1.54, 1.807) is 0 Å². The van der Waals surface area contributed by atoms with E-state index in [1.807, 2.05) is 33.0 Å². The molecule has 1 fully saturated rings. The first-order valence-corrected chi connectivity index (χ1v) is 7.72. The van der Waals surface area contributed by atoms with Gasteiger partial charge < -0.3 is 15.0 Å². The molecule has 0 aromatic carbocycles. The number of H-pyrrole nitrogens is 1. The van der Waals surface area contributed by atoms with Crippen molar-refractivity contribution in [3.05, 3.63) is 24.0 Å². The zero-order valence-corrected chi connectivity index (χ0v) is 13.5. The maximum Gasteiger partial charge on any atom is 0.407 e. The van der Waals surface area contributed by atoms with Crippen LogP contribution in [0.4, 0.5) is 4.79 Å². The molecular formula is C16H27N3O2. The van der Waals surface area contributed by atoms with E-state index in [0.717, 1.165) is 25.9 Å². The van der Waals surface area contributed by atoms with Gasteiger partial charge >= 0.3 is 6.09 Å². The number of carbonyl (C=O) groups is 1. The highest BCUT2D eigenvalue weighted by Gasteiger charge is 2.27. The zero-order valence-electron chi connectivity index (χ0n) is 13.5. The number of likely N-dealkylation sites (tertiary alicyclic amines) is 1. The number of aromatic nitrogens is 1. The highest BCUT2D eigenvalue weighted by atomic mass is 16.6. The number of piperidine rings is 1. The van der Waals surface area contributed by atoms with Gasteiger partial charge in [0.1, 0.15) is 5.60 Å². The molecule has 1 aliphatic rings. The van der Waals surface area contributed by atoms with Crippen molar-refractivity contribution < 1.29 is 9.53 Å². The van der Waals surface area contributed by atoms with Crippen molar-refractivity contribution in [2.75, 3.05) is 13.1 Å². The molecule has 1 amide bonds. The van der Waals surface area contributed by atoms with E-state index >= 15 is 0 Å². The molecule has 21 heavy (non-hydrogen) atoms. The molecule has 5 heteroatoms. The van der Waals surface area contributed by atoms with Crippen molar-refractivity contribution in [1.29, 1.82) is 0 Å². The number of amides is 1. The summed E-state index contributed by atoms with van der Waals surface area (Å²) in [6.07, 6.45) is 3.73. The van der Waals surface area contributed by atoms with Crippen LogP contribution in [0, 0.1) is 0 Å². The van der Waals surface area contributed by atoms with E-state index in [0.29, 0.717) is 6.04 Å². The van der Waals surface area contributed by atoms with Gasteiger partial charge in [-0.05, 0) is 59.2 Å². The molecule has 118 valence electrons. The molecule has 0 radical (unpaired) electrons. The number of ether oxygens (including phenoxy) is 1. The second-order valence-electron chi connectivity index (χ2n) is 6.78. The minimum absolute atomic E-state index is 0.158. The molecule has 0 aliphatic carbocycles. The third-order valence-corrected chi connectivity index (χ3v) is 3.79. The number of aromatic amines is 1. The van der Waals surface area contributed by atoms with Crippen LogP contribution in [0.3, 0.4) is 0 Å². The summed E-state index contributed by atoms with van der Waals surface area (Å²) in [6.45, 7) is 9.76. The van der Waals surface area contributed by atoms with Crippen molar-refractivity contribution >= 4 is 6.09 Å². The Morgan fingerprint density at radius 2 is 2.29 bits per heavy atom. The SMILES string of the molecule is C[C@H](c1ccc[nH]1)N1CCC[C@H](NC(=O)OC(C)(C)C)C1. The minimum atomic E-state index is -0.448. The summed E-state index contributed by atoms with van der Waals surface area (Å²) in [5.74, 6) is 0. The van der Waals surface area contributed by atoms with Crippen molar-refractivity contribution in [1.82, 2.24) is 15.2 Å². The van der Waals surface area contributed by atoms with E-state index in [2.05, 4.69) is 28.2 Å². The second kappa shape index (κ2) is 6.52. The molecule has 1 aromatic rings. The first kappa shape index (κ1) is 15.9. The largest absolute Gasteiger partial charge is 0.444 e.